The van der Waals surface area contributed by atoms with Crippen molar-refractivity contribution in [2.45, 2.75) is 57.5 Å². The van der Waals surface area contributed by atoms with Crippen molar-refractivity contribution < 1.29 is 0 Å². The van der Waals surface area contributed by atoms with Crippen molar-refractivity contribution in [3.63, 3.8) is 0 Å². The maximum atomic E-state index is 5.87. The summed E-state index contributed by atoms with van der Waals surface area (Å²) in [6.45, 7) is 6.66. The Hall–Kier alpha value is -0.0800. The highest BCUT2D eigenvalue weighted by atomic mass is 15.2. The van der Waals surface area contributed by atoms with E-state index in [1.807, 2.05) is 0 Å². The van der Waals surface area contributed by atoms with Gasteiger partial charge in [0.1, 0.15) is 0 Å². The van der Waals surface area contributed by atoms with Gasteiger partial charge in [-0.1, -0.05) is 12.8 Å². The van der Waals surface area contributed by atoms with E-state index in [0.29, 0.717) is 0 Å². The minimum Gasteiger partial charge on any atom is -0.329 e. The summed E-state index contributed by atoms with van der Waals surface area (Å²) in [4.78, 5) is 2.68. The lowest BCUT2D eigenvalue weighted by Gasteiger charge is -2.41. The average molecular weight is 196 g/mol. The third-order valence-corrected chi connectivity index (χ3v) is 4.29. The van der Waals surface area contributed by atoms with Gasteiger partial charge in [-0.2, -0.15) is 0 Å². The molecule has 0 amide bonds. The van der Waals surface area contributed by atoms with Gasteiger partial charge in [0.15, 0.2) is 0 Å². The highest BCUT2D eigenvalue weighted by molar-refractivity contribution is 4.97. The van der Waals surface area contributed by atoms with E-state index in [2.05, 4.69) is 18.7 Å². The number of rotatable bonds is 2. The van der Waals surface area contributed by atoms with Gasteiger partial charge in [0, 0.05) is 18.1 Å². The van der Waals surface area contributed by atoms with Crippen LogP contribution in [0.2, 0.25) is 0 Å². The van der Waals surface area contributed by atoms with Crippen LogP contribution in [-0.2, 0) is 0 Å². The summed E-state index contributed by atoms with van der Waals surface area (Å²) in [5.74, 6) is 0.981. The molecule has 2 aliphatic rings. The summed E-state index contributed by atoms with van der Waals surface area (Å²) in [6.07, 6.45) is 7.17. The Kier molecular flexibility index (Phi) is 2.85. The van der Waals surface area contributed by atoms with Crippen molar-refractivity contribution in [3.05, 3.63) is 0 Å². The zero-order valence-corrected chi connectivity index (χ0v) is 9.63. The molecule has 0 radical (unpaired) electrons. The van der Waals surface area contributed by atoms with E-state index in [4.69, 9.17) is 5.73 Å². The fourth-order valence-electron chi connectivity index (χ4n) is 3.27. The normalized spacial score (nSPS) is 34.5. The molecule has 0 aromatic rings. The molecule has 2 unspecified atom stereocenters. The Morgan fingerprint density at radius 3 is 2.64 bits per heavy atom. The first-order valence-electron chi connectivity index (χ1n) is 6.12. The van der Waals surface area contributed by atoms with Crippen molar-refractivity contribution in [1.29, 1.82) is 0 Å². The van der Waals surface area contributed by atoms with Crippen LogP contribution in [0.3, 0.4) is 0 Å². The molecule has 2 N–H and O–H groups in total. The number of hydrogen-bond donors (Lipinski definition) is 1. The zero-order valence-electron chi connectivity index (χ0n) is 9.63. The summed E-state index contributed by atoms with van der Waals surface area (Å²) in [5, 5.41) is 0. The first-order valence-corrected chi connectivity index (χ1v) is 6.12. The van der Waals surface area contributed by atoms with Crippen LogP contribution in [0.25, 0.3) is 0 Å². The number of hydrogen-bond acceptors (Lipinski definition) is 2. The lowest BCUT2D eigenvalue weighted by Crippen LogP contribution is -2.52. The highest BCUT2D eigenvalue weighted by Crippen LogP contribution is 2.39. The molecule has 0 bridgehead atoms. The van der Waals surface area contributed by atoms with Crippen LogP contribution in [0.4, 0.5) is 0 Å². The van der Waals surface area contributed by atoms with Crippen molar-refractivity contribution in [2.24, 2.45) is 11.7 Å². The van der Waals surface area contributed by atoms with Gasteiger partial charge in [0.2, 0.25) is 0 Å². The van der Waals surface area contributed by atoms with E-state index < -0.39 is 0 Å². The van der Waals surface area contributed by atoms with Crippen LogP contribution < -0.4 is 5.73 Å². The molecule has 0 spiro atoms. The van der Waals surface area contributed by atoms with Crippen LogP contribution in [0.1, 0.15) is 46.0 Å². The van der Waals surface area contributed by atoms with Crippen LogP contribution >= 0.6 is 0 Å². The third-order valence-electron chi connectivity index (χ3n) is 4.29. The molecule has 2 atom stereocenters. The molecule has 1 saturated carbocycles. The molecule has 0 aromatic carbocycles. The van der Waals surface area contributed by atoms with E-state index in [1.165, 1.54) is 38.6 Å². The standard InChI is InChI=1S/C12H24N2/c1-12(2,9-13)14-8-7-10-5-3-4-6-11(10)14/h10-11H,3-9,13H2,1-2H3. The van der Waals surface area contributed by atoms with Crippen LogP contribution in [0.5, 0.6) is 0 Å². The van der Waals surface area contributed by atoms with Crippen molar-refractivity contribution in [1.82, 2.24) is 4.90 Å². The molecule has 2 rings (SSSR count). The summed E-state index contributed by atoms with van der Waals surface area (Å²) in [6, 6.07) is 0.849. The molecule has 1 saturated heterocycles. The monoisotopic (exact) mass is 196 g/mol. The lowest BCUT2D eigenvalue weighted by molar-refractivity contribution is 0.0804. The van der Waals surface area contributed by atoms with E-state index in [9.17, 15) is 0 Å². The smallest absolute Gasteiger partial charge is 0.0278 e. The molecule has 82 valence electrons. The molecular weight excluding hydrogens is 172 g/mol. The maximum absolute atomic E-state index is 5.87. The fourth-order valence-corrected chi connectivity index (χ4v) is 3.27. The molecule has 0 aromatic heterocycles. The van der Waals surface area contributed by atoms with Gasteiger partial charge in [-0.25, -0.2) is 0 Å². The Morgan fingerprint density at radius 1 is 1.21 bits per heavy atom. The minimum atomic E-state index is 0.219. The first-order chi connectivity index (χ1) is 6.65. The van der Waals surface area contributed by atoms with Gasteiger partial charge in [-0.3, -0.25) is 4.90 Å². The summed E-state index contributed by atoms with van der Waals surface area (Å²) < 4.78 is 0. The van der Waals surface area contributed by atoms with Crippen LogP contribution in [-0.4, -0.2) is 29.6 Å². The van der Waals surface area contributed by atoms with Gasteiger partial charge < -0.3 is 5.73 Å². The molecule has 2 fully saturated rings. The minimum absolute atomic E-state index is 0.219. The van der Waals surface area contributed by atoms with E-state index in [1.54, 1.807) is 0 Å². The lowest BCUT2D eigenvalue weighted by atomic mass is 9.84. The zero-order chi connectivity index (χ0) is 10.2. The second-order valence-electron chi connectivity index (χ2n) is 5.61. The van der Waals surface area contributed by atoms with Gasteiger partial charge in [-0.05, 0) is 45.6 Å². The Morgan fingerprint density at radius 2 is 1.93 bits per heavy atom. The van der Waals surface area contributed by atoms with E-state index in [-0.39, 0.29) is 5.54 Å². The third kappa shape index (κ3) is 1.70. The van der Waals surface area contributed by atoms with Crippen LogP contribution in [0.15, 0.2) is 0 Å². The fraction of sp³-hybridized carbons (Fsp3) is 1.00. The van der Waals surface area contributed by atoms with Gasteiger partial charge in [-0.15, -0.1) is 0 Å². The maximum Gasteiger partial charge on any atom is 0.0278 e. The molecule has 1 aliphatic heterocycles. The van der Waals surface area contributed by atoms with E-state index in [0.717, 1.165) is 18.5 Å². The molecule has 1 aliphatic carbocycles. The van der Waals surface area contributed by atoms with Crippen LogP contribution in [0, 0.1) is 5.92 Å². The first kappa shape index (κ1) is 10.4. The predicted molar refractivity (Wildman–Crippen MR) is 60.2 cm³/mol. The molecule has 1 heterocycles. The highest BCUT2D eigenvalue weighted by Gasteiger charge is 2.41. The molecule has 2 heteroatoms. The topological polar surface area (TPSA) is 29.3 Å². The molecular formula is C12H24N2. The predicted octanol–water partition coefficient (Wildman–Crippen LogP) is 1.99. The van der Waals surface area contributed by atoms with Crippen molar-refractivity contribution in [2.75, 3.05) is 13.1 Å². The molecule has 2 nitrogen and oxygen atoms in total. The van der Waals surface area contributed by atoms with Crippen molar-refractivity contribution in [3.8, 4) is 0 Å². The van der Waals surface area contributed by atoms with E-state index >= 15 is 0 Å². The SMILES string of the molecule is CC(C)(CN)N1CCC2CCCCC21. The number of fused-ring (bicyclic) bond motifs is 1. The Bertz CT molecular complexity index is 200. The van der Waals surface area contributed by atoms with Gasteiger partial charge in [0.25, 0.3) is 0 Å². The number of nitrogens with two attached hydrogens (primary N) is 1. The number of nitrogens with zero attached hydrogens (tertiary/aromatic N) is 1. The molecule has 14 heavy (non-hydrogen) atoms. The summed E-state index contributed by atoms with van der Waals surface area (Å²) in [5.41, 5.74) is 6.09. The van der Waals surface area contributed by atoms with Crippen molar-refractivity contribution >= 4 is 0 Å². The largest absolute Gasteiger partial charge is 0.329 e. The Labute approximate surface area is 87.8 Å². The second-order valence-corrected chi connectivity index (χ2v) is 5.61. The quantitative estimate of drug-likeness (QED) is 0.732. The second kappa shape index (κ2) is 3.82. The Balaban J connectivity index is 2.07. The summed E-state index contributed by atoms with van der Waals surface area (Å²) >= 11 is 0. The van der Waals surface area contributed by atoms with Gasteiger partial charge in [0.05, 0.1) is 0 Å². The number of likely N-dealkylation sites (tertiary alicyclic amines) is 1. The summed E-state index contributed by atoms with van der Waals surface area (Å²) in [7, 11) is 0. The van der Waals surface area contributed by atoms with Gasteiger partial charge >= 0.3 is 0 Å². The average Bonchev–Trinajstić information content (AvgIpc) is 2.61.